The van der Waals surface area contributed by atoms with Crippen LogP contribution in [0.1, 0.15) is 31.2 Å². The van der Waals surface area contributed by atoms with Crippen molar-refractivity contribution in [3.63, 3.8) is 0 Å². The molecule has 0 unspecified atom stereocenters. The molecule has 0 atom stereocenters. The summed E-state index contributed by atoms with van der Waals surface area (Å²) in [6.45, 7) is 1.79. The molecule has 1 radical (unpaired) electrons. The fourth-order valence-electron chi connectivity index (χ4n) is 2.01. The third kappa shape index (κ3) is 2.82. The Morgan fingerprint density at radius 1 is 1.20 bits per heavy atom. The molecule has 1 aliphatic carbocycles. The molecule has 15 heavy (non-hydrogen) atoms. The quantitative estimate of drug-likeness (QED) is 0.801. The van der Waals surface area contributed by atoms with E-state index >= 15 is 0 Å². The summed E-state index contributed by atoms with van der Waals surface area (Å²) in [4.78, 5) is 11.7. The van der Waals surface area contributed by atoms with E-state index in [4.69, 9.17) is 0 Å². The van der Waals surface area contributed by atoms with Crippen molar-refractivity contribution in [1.82, 2.24) is 5.32 Å². The first-order valence-electron chi connectivity index (χ1n) is 5.55. The minimum absolute atomic E-state index is 0.177. The number of amides is 1. The highest BCUT2D eigenvalue weighted by atomic mass is 16.1. The number of hydrogen-bond acceptors (Lipinski definition) is 1. The molecule has 0 heterocycles. The maximum Gasteiger partial charge on any atom is 0.223 e. The van der Waals surface area contributed by atoms with Gasteiger partial charge in [0.05, 0.1) is 6.54 Å². The van der Waals surface area contributed by atoms with Gasteiger partial charge in [-0.05, 0) is 18.4 Å². The van der Waals surface area contributed by atoms with Crippen LogP contribution < -0.4 is 5.32 Å². The lowest BCUT2D eigenvalue weighted by molar-refractivity contribution is -0.124. The molecule has 2 nitrogen and oxygen atoms in total. The Hall–Kier alpha value is -1.31. The zero-order chi connectivity index (χ0) is 10.5. The molecular weight excluding hydrogens is 186 g/mol. The number of rotatable bonds is 3. The van der Waals surface area contributed by atoms with Gasteiger partial charge in [-0.15, -0.1) is 0 Å². The van der Waals surface area contributed by atoms with E-state index < -0.39 is 0 Å². The van der Waals surface area contributed by atoms with E-state index in [1.165, 1.54) is 12.8 Å². The van der Waals surface area contributed by atoms with Crippen molar-refractivity contribution in [2.75, 3.05) is 0 Å². The van der Waals surface area contributed by atoms with Gasteiger partial charge in [-0.3, -0.25) is 4.79 Å². The highest BCUT2D eigenvalue weighted by molar-refractivity contribution is 5.79. The maximum absolute atomic E-state index is 11.7. The number of benzene rings is 1. The molecule has 1 aromatic rings. The Kier molecular flexibility index (Phi) is 3.38. The van der Waals surface area contributed by atoms with E-state index in [0.29, 0.717) is 0 Å². The monoisotopic (exact) mass is 202 g/mol. The van der Waals surface area contributed by atoms with Gasteiger partial charge in [-0.25, -0.2) is 0 Å². The zero-order valence-corrected chi connectivity index (χ0v) is 8.78. The average molecular weight is 202 g/mol. The molecule has 0 saturated heterocycles. The highest BCUT2D eigenvalue weighted by Gasteiger charge is 2.21. The van der Waals surface area contributed by atoms with Gasteiger partial charge >= 0.3 is 0 Å². The lowest BCUT2D eigenvalue weighted by atomic mass is 10.1. The van der Waals surface area contributed by atoms with Crippen molar-refractivity contribution >= 4 is 5.91 Å². The summed E-state index contributed by atoms with van der Waals surface area (Å²) in [5.41, 5.74) is 1.05. The fraction of sp³-hybridized carbons (Fsp3) is 0.385. The van der Waals surface area contributed by atoms with Crippen molar-refractivity contribution in [2.45, 2.75) is 25.7 Å². The molecule has 1 fully saturated rings. The van der Waals surface area contributed by atoms with Crippen LogP contribution in [0.5, 0.6) is 0 Å². The fourth-order valence-corrected chi connectivity index (χ4v) is 2.01. The van der Waals surface area contributed by atoms with E-state index in [1.54, 1.807) is 6.54 Å². The molecule has 0 bridgehead atoms. The second kappa shape index (κ2) is 4.96. The largest absolute Gasteiger partial charge is 0.347 e. The summed E-state index contributed by atoms with van der Waals surface area (Å²) >= 11 is 0. The van der Waals surface area contributed by atoms with Crippen LogP contribution in [0, 0.1) is 12.5 Å². The maximum atomic E-state index is 11.7. The molecule has 1 amide bonds. The van der Waals surface area contributed by atoms with Gasteiger partial charge in [-0.2, -0.15) is 0 Å². The van der Waals surface area contributed by atoms with Crippen LogP contribution in [-0.4, -0.2) is 5.91 Å². The number of carbonyl (C=O) groups is 1. The number of carbonyl (C=O) groups excluding carboxylic acids is 1. The first-order chi connectivity index (χ1) is 7.36. The summed E-state index contributed by atoms with van der Waals surface area (Å²) in [6.07, 6.45) is 4.50. The molecule has 0 spiro atoms. The van der Waals surface area contributed by atoms with Gasteiger partial charge in [-0.1, -0.05) is 43.2 Å². The highest BCUT2D eigenvalue weighted by Crippen LogP contribution is 2.24. The van der Waals surface area contributed by atoms with Crippen LogP contribution in [0.15, 0.2) is 30.3 Å². The minimum Gasteiger partial charge on any atom is -0.347 e. The summed E-state index contributed by atoms with van der Waals surface area (Å²) < 4.78 is 0. The SMILES string of the molecule is O=C(N[CH]c1ccccc1)C1CCCC1. The topological polar surface area (TPSA) is 29.1 Å². The Balaban J connectivity index is 1.80. The second-order valence-electron chi connectivity index (χ2n) is 4.04. The van der Waals surface area contributed by atoms with Crippen LogP contribution in [0.3, 0.4) is 0 Å². The van der Waals surface area contributed by atoms with E-state index in [-0.39, 0.29) is 11.8 Å². The third-order valence-corrected chi connectivity index (χ3v) is 2.91. The Labute approximate surface area is 90.7 Å². The molecule has 1 aliphatic rings. The van der Waals surface area contributed by atoms with Gasteiger partial charge in [0.1, 0.15) is 0 Å². The lowest BCUT2D eigenvalue weighted by Gasteiger charge is -2.09. The molecule has 0 aromatic heterocycles. The Morgan fingerprint density at radius 2 is 1.87 bits per heavy atom. The van der Waals surface area contributed by atoms with Crippen molar-refractivity contribution in [1.29, 1.82) is 0 Å². The summed E-state index contributed by atoms with van der Waals surface area (Å²) in [7, 11) is 0. The molecule has 2 heteroatoms. The summed E-state index contributed by atoms with van der Waals surface area (Å²) in [5.74, 6) is 0.418. The molecular formula is C13H16NO. The third-order valence-electron chi connectivity index (χ3n) is 2.91. The van der Waals surface area contributed by atoms with Crippen LogP contribution in [-0.2, 0) is 4.79 Å². The van der Waals surface area contributed by atoms with Gasteiger partial charge in [0.2, 0.25) is 5.91 Å². The van der Waals surface area contributed by atoms with Crippen LogP contribution in [0.4, 0.5) is 0 Å². The summed E-state index contributed by atoms with van der Waals surface area (Å²) in [6, 6.07) is 9.86. The molecule has 1 N–H and O–H groups in total. The lowest BCUT2D eigenvalue weighted by Crippen LogP contribution is -2.27. The molecule has 1 aromatic carbocycles. The van der Waals surface area contributed by atoms with Crippen LogP contribution in [0.25, 0.3) is 0 Å². The van der Waals surface area contributed by atoms with E-state index in [2.05, 4.69) is 5.32 Å². The average Bonchev–Trinajstić information content (AvgIpc) is 2.81. The first-order valence-corrected chi connectivity index (χ1v) is 5.55. The van der Waals surface area contributed by atoms with Gasteiger partial charge in [0, 0.05) is 5.92 Å². The Morgan fingerprint density at radius 3 is 2.53 bits per heavy atom. The zero-order valence-electron chi connectivity index (χ0n) is 8.78. The second-order valence-corrected chi connectivity index (χ2v) is 4.04. The summed E-state index contributed by atoms with van der Waals surface area (Å²) in [5, 5.41) is 2.88. The van der Waals surface area contributed by atoms with E-state index in [9.17, 15) is 4.79 Å². The molecule has 2 rings (SSSR count). The van der Waals surface area contributed by atoms with Crippen LogP contribution in [0.2, 0.25) is 0 Å². The molecule has 1 saturated carbocycles. The van der Waals surface area contributed by atoms with Gasteiger partial charge in [0.15, 0.2) is 0 Å². The first kappa shape index (κ1) is 10.2. The number of hydrogen-bond donors (Lipinski definition) is 1. The Bertz CT molecular complexity index is 315. The predicted molar refractivity (Wildman–Crippen MR) is 59.9 cm³/mol. The smallest absolute Gasteiger partial charge is 0.223 e. The number of nitrogens with one attached hydrogen (secondary N) is 1. The van der Waals surface area contributed by atoms with Crippen molar-refractivity contribution in [3.05, 3.63) is 42.4 Å². The molecule has 79 valence electrons. The van der Waals surface area contributed by atoms with Crippen molar-refractivity contribution in [2.24, 2.45) is 5.92 Å². The van der Waals surface area contributed by atoms with Crippen LogP contribution >= 0.6 is 0 Å². The minimum atomic E-state index is 0.177. The van der Waals surface area contributed by atoms with Gasteiger partial charge < -0.3 is 5.32 Å². The van der Waals surface area contributed by atoms with Crippen molar-refractivity contribution in [3.8, 4) is 0 Å². The van der Waals surface area contributed by atoms with Crippen molar-refractivity contribution < 1.29 is 4.79 Å². The molecule has 0 aliphatic heterocycles. The standard InChI is InChI=1S/C13H16NO/c15-13(12-8-4-5-9-12)14-10-11-6-2-1-3-7-11/h1-3,6-7,10,12H,4-5,8-9H2,(H,14,15). The van der Waals surface area contributed by atoms with E-state index in [0.717, 1.165) is 18.4 Å². The van der Waals surface area contributed by atoms with Gasteiger partial charge in [0.25, 0.3) is 0 Å². The normalized spacial score (nSPS) is 16.5. The van der Waals surface area contributed by atoms with E-state index in [1.807, 2.05) is 30.3 Å². The predicted octanol–water partition coefficient (Wildman–Crippen LogP) is 2.50.